The van der Waals surface area contributed by atoms with E-state index in [2.05, 4.69) is 10.2 Å². The van der Waals surface area contributed by atoms with Gasteiger partial charge in [0.05, 0.1) is 10.9 Å². The van der Waals surface area contributed by atoms with Crippen molar-refractivity contribution in [2.24, 2.45) is 0 Å². The molecule has 24 heavy (non-hydrogen) atoms. The van der Waals surface area contributed by atoms with E-state index >= 15 is 0 Å². The molecule has 6 nitrogen and oxygen atoms in total. The van der Waals surface area contributed by atoms with E-state index in [0.29, 0.717) is 24.4 Å². The summed E-state index contributed by atoms with van der Waals surface area (Å²) in [6, 6.07) is 10.1. The van der Waals surface area contributed by atoms with Crippen LogP contribution in [0.15, 0.2) is 53.6 Å². The van der Waals surface area contributed by atoms with E-state index in [4.69, 9.17) is 0 Å². The van der Waals surface area contributed by atoms with E-state index in [1.807, 2.05) is 28.8 Å². The Balaban J connectivity index is 1.76. The summed E-state index contributed by atoms with van der Waals surface area (Å²) in [7, 11) is -3.71. The molecule has 1 fully saturated rings. The molecule has 0 radical (unpaired) electrons. The number of hydrogen-bond acceptors (Lipinski definition) is 4. The lowest BCUT2D eigenvalue weighted by Gasteiger charge is -2.23. The number of benzene rings is 1. The average Bonchev–Trinajstić information content (AvgIpc) is 3.22. The molecule has 0 saturated carbocycles. The summed E-state index contributed by atoms with van der Waals surface area (Å²) >= 11 is 0. The van der Waals surface area contributed by atoms with Gasteiger partial charge in [0, 0.05) is 12.7 Å². The third kappa shape index (κ3) is 2.38. The maximum Gasteiger partial charge on any atom is 0.243 e. The van der Waals surface area contributed by atoms with E-state index in [1.165, 1.54) is 16.4 Å². The number of fused-ring (bicyclic) bond motifs is 1. The molecule has 4 rings (SSSR count). The molecule has 1 aliphatic heterocycles. The van der Waals surface area contributed by atoms with Crippen LogP contribution in [0.5, 0.6) is 0 Å². The van der Waals surface area contributed by atoms with Gasteiger partial charge in [0.15, 0.2) is 11.5 Å². The second kappa shape index (κ2) is 5.64. The summed E-state index contributed by atoms with van der Waals surface area (Å²) in [6.45, 7) is 0.409. The van der Waals surface area contributed by atoms with E-state index in [-0.39, 0.29) is 10.9 Å². The summed E-state index contributed by atoms with van der Waals surface area (Å²) in [5, 5.41) is 8.30. The molecule has 0 bridgehead atoms. The van der Waals surface area contributed by atoms with Gasteiger partial charge >= 0.3 is 0 Å². The van der Waals surface area contributed by atoms with Crippen molar-refractivity contribution >= 4 is 15.7 Å². The summed E-state index contributed by atoms with van der Waals surface area (Å²) in [5.74, 6) is 0.143. The first-order chi connectivity index (χ1) is 11.6. The SMILES string of the molecule is O=S(=O)(c1ccc(F)cc1)N1CCCC1c1nnc2ccccn12. The Morgan fingerprint density at radius 3 is 2.67 bits per heavy atom. The molecule has 8 heteroatoms. The van der Waals surface area contributed by atoms with Crippen molar-refractivity contribution < 1.29 is 12.8 Å². The Morgan fingerprint density at radius 2 is 1.88 bits per heavy atom. The zero-order valence-electron chi connectivity index (χ0n) is 12.7. The maximum absolute atomic E-state index is 13.1. The fraction of sp³-hybridized carbons (Fsp3) is 0.250. The lowest BCUT2D eigenvalue weighted by Crippen LogP contribution is -2.31. The van der Waals surface area contributed by atoms with Crippen molar-refractivity contribution in [3.8, 4) is 0 Å². The van der Waals surface area contributed by atoms with Gasteiger partial charge in [0.25, 0.3) is 0 Å². The topological polar surface area (TPSA) is 67.6 Å². The maximum atomic E-state index is 13.1. The monoisotopic (exact) mass is 346 g/mol. The van der Waals surface area contributed by atoms with Crippen LogP contribution in [0.2, 0.25) is 0 Å². The van der Waals surface area contributed by atoms with Crippen molar-refractivity contribution in [2.45, 2.75) is 23.8 Å². The zero-order valence-corrected chi connectivity index (χ0v) is 13.5. The van der Waals surface area contributed by atoms with Gasteiger partial charge in [-0.3, -0.25) is 4.40 Å². The normalized spacial score (nSPS) is 19.1. The van der Waals surface area contributed by atoms with Crippen LogP contribution in [-0.2, 0) is 10.0 Å². The number of halogens is 1. The molecule has 1 atom stereocenters. The Kier molecular flexibility index (Phi) is 3.58. The van der Waals surface area contributed by atoms with Crippen molar-refractivity contribution in [2.75, 3.05) is 6.54 Å². The predicted octanol–water partition coefficient (Wildman–Crippen LogP) is 2.39. The third-order valence-electron chi connectivity index (χ3n) is 4.26. The van der Waals surface area contributed by atoms with Gasteiger partial charge in [0.2, 0.25) is 10.0 Å². The van der Waals surface area contributed by atoms with Gasteiger partial charge in [-0.2, -0.15) is 4.31 Å². The molecule has 1 aromatic carbocycles. The van der Waals surface area contributed by atoms with Crippen LogP contribution in [0.1, 0.15) is 24.7 Å². The first-order valence-electron chi connectivity index (χ1n) is 7.64. The molecule has 3 heterocycles. The summed E-state index contributed by atoms with van der Waals surface area (Å²) < 4.78 is 42.2. The number of rotatable bonds is 3. The molecule has 124 valence electrons. The fourth-order valence-corrected chi connectivity index (χ4v) is 4.77. The Hall–Kier alpha value is -2.32. The summed E-state index contributed by atoms with van der Waals surface area (Å²) in [5.41, 5.74) is 0.679. The Bertz CT molecular complexity index is 985. The van der Waals surface area contributed by atoms with Gasteiger partial charge in [-0.1, -0.05) is 6.07 Å². The minimum absolute atomic E-state index is 0.0876. The van der Waals surface area contributed by atoms with Crippen LogP contribution in [0.4, 0.5) is 4.39 Å². The third-order valence-corrected chi connectivity index (χ3v) is 6.18. The Labute approximate surface area is 138 Å². The highest BCUT2D eigenvalue weighted by Crippen LogP contribution is 2.35. The van der Waals surface area contributed by atoms with Gasteiger partial charge < -0.3 is 0 Å². The molecule has 1 aliphatic rings. The van der Waals surface area contributed by atoms with Gasteiger partial charge in [-0.05, 0) is 49.2 Å². The van der Waals surface area contributed by atoms with E-state index in [0.717, 1.165) is 18.6 Å². The lowest BCUT2D eigenvalue weighted by molar-refractivity contribution is 0.381. The second-order valence-electron chi connectivity index (χ2n) is 5.71. The predicted molar refractivity (Wildman–Crippen MR) is 85.3 cm³/mol. The largest absolute Gasteiger partial charge is 0.285 e. The second-order valence-corrected chi connectivity index (χ2v) is 7.61. The van der Waals surface area contributed by atoms with E-state index < -0.39 is 15.8 Å². The minimum Gasteiger partial charge on any atom is -0.285 e. The molecule has 0 N–H and O–H groups in total. The quantitative estimate of drug-likeness (QED) is 0.730. The summed E-state index contributed by atoms with van der Waals surface area (Å²) in [4.78, 5) is 0.0876. The van der Waals surface area contributed by atoms with Gasteiger partial charge in [-0.15, -0.1) is 10.2 Å². The van der Waals surface area contributed by atoms with Crippen molar-refractivity contribution in [1.29, 1.82) is 0 Å². The Morgan fingerprint density at radius 1 is 1.08 bits per heavy atom. The first kappa shape index (κ1) is 15.2. The highest BCUT2D eigenvalue weighted by atomic mass is 32.2. The van der Waals surface area contributed by atoms with Crippen molar-refractivity contribution in [3.63, 3.8) is 0 Å². The van der Waals surface area contributed by atoms with Crippen LogP contribution >= 0.6 is 0 Å². The van der Waals surface area contributed by atoms with Gasteiger partial charge in [0.1, 0.15) is 5.82 Å². The smallest absolute Gasteiger partial charge is 0.243 e. The minimum atomic E-state index is -3.71. The van der Waals surface area contributed by atoms with Crippen molar-refractivity contribution in [1.82, 2.24) is 18.9 Å². The zero-order chi connectivity index (χ0) is 16.7. The lowest BCUT2D eigenvalue weighted by atomic mass is 10.2. The molecule has 1 saturated heterocycles. The highest BCUT2D eigenvalue weighted by Gasteiger charge is 2.38. The molecule has 3 aromatic rings. The molecule has 2 aromatic heterocycles. The first-order valence-corrected chi connectivity index (χ1v) is 9.08. The van der Waals surface area contributed by atoms with Crippen LogP contribution in [0, 0.1) is 5.82 Å². The number of pyridine rings is 1. The van der Waals surface area contributed by atoms with Gasteiger partial charge in [-0.25, -0.2) is 12.8 Å². The molecule has 0 spiro atoms. The molecule has 0 amide bonds. The number of nitrogens with zero attached hydrogens (tertiary/aromatic N) is 4. The van der Waals surface area contributed by atoms with Crippen LogP contribution < -0.4 is 0 Å². The van der Waals surface area contributed by atoms with E-state index in [1.54, 1.807) is 0 Å². The standard InChI is InChI=1S/C16H15FN4O2S/c17-12-6-8-13(9-7-12)24(22,23)21-11-3-4-14(21)16-19-18-15-5-1-2-10-20(15)16/h1-2,5-10,14H,3-4,11H2. The number of sulfonamides is 1. The van der Waals surface area contributed by atoms with Crippen molar-refractivity contribution in [3.05, 3.63) is 60.3 Å². The molecular weight excluding hydrogens is 331 g/mol. The highest BCUT2D eigenvalue weighted by molar-refractivity contribution is 7.89. The molecule has 1 unspecified atom stereocenters. The van der Waals surface area contributed by atoms with Crippen LogP contribution in [0.25, 0.3) is 5.65 Å². The average molecular weight is 346 g/mol. The van der Waals surface area contributed by atoms with E-state index in [9.17, 15) is 12.8 Å². The fourth-order valence-electron chi connectivity index (χ4n) is 3.11. The van der Waals surface area contributed by atoms with Crippen LogP contribution in [0.3, 0.4) is 0 Å². The molecular formula is C16H15FN4O2S. The van der Waals surface area contributed by atoms with Crippen LogP contribution in [-0.4, -0.2) is 33.9 Å². The molecule has 0 aliphatic carbocycles. The number of aromatic nitrogens is 3. The summed E-state index contributed by atoms with van der Waals surface area (Å²) in [6.07, 6.45) is 3.24. The number of hydrogen-bond donors (Lipinski definition) is 0.